The van der Waals surface area contributed by atoms with Crippen molar-refractivity contribution < 1.29 is 9.53 Å². The van der Waals surface area contributed by atoms with Gasteiger partial charge >= 0.3 is 0 Å². The van der Waals surface area contributed by atoms with Crippen molar-refractivity contribution in [2.24, 2.45) is 0 Å². The lowest BCUT2D eigenvalue weighted by atomic mass is 10.2. The average Bonchev–Trinajstić information content (AvgIpc) is 3.27. The van der Waals surface area contributed by atoms with Gasteiger partial charge in [0.15, 0.2) is 5.82 Å². The number of amides is 1. The highest BCUT2D eigenvalue weighted by atomic mass is 16.5. The summed E-state index contributed by atoms with van der Waals surface area (Å²) in [4.78, 5) is 29.0. The van der Waals surface area contributed by atoms with Gasteiger partial charge in [-0.1, -0.05) is 18.2 Å². The molecule has 0 fully saturated rings. The number of aromatic nitrogens is 5. The first-order valence-corrected chi connectivity index (χ1v) is 9.14. The van der Waals surface area contributed by atoms with E-state index in [1.165, 1.54) is 16.8 Å². The van der Waals surface area contributed by atoms with Crippen molar-refractivity contribution in [3.63, 3.8) is 0 Å². The number of para-hydroxylation sites is 1. The van der Waals surface area contributed by atoms with E-state index in [4.69, 9.17) is 4.74 Å². The molecule has 9 nitrogen and oxygen atoms in total. The first kappa shape index (κ1) is 19.1. The van der Waals surface area contributed by atoms with Crippen LogP contribution in [0.3, 0.4) is 0 Å². The number of ether oxygens (including phenoxy) is 1. The average molecular weight is 402 g/mol. The maximum atomic E-state index is 12.5. The largest absolute Gasteiger partial charge is 0.497 e. The maximum absolute atomic E-state index is 12.5. The zero-order chi connectivity index (χ0) is 20.9. The van der Waals surface area contributed by atoms with E-state index < -0.39 is 5.91 Å². The summed E-state index contributed by atoms with van der Waals surface area (Å²) >= 11 is 0. The number of hydrogen-bond acceptors (Lipinski definition) is 6. The van der Waals surface area contributed by atoms with Gasteiger partial charge in [-0.3, -0.25) is 14.7 Å². The van der Waals surface area contributed by atoms with Gasteiger partial charge in [0.2, 0.25) is 0 Å². The monoisotopic (exact) mass is 402 g/mol. The molecular weight excluding hydrogens is 384 g/mol. The van der Waals surface area contributed by atoms with E-state index in [-0.39, 0.29) is 17.8 Å². The second-order valence-corrected chi connectivity index (χ2v) is 6.32. The fraction of sp³-hybridized carbons (Fsp3) is 0.0952. The number of hydrogen-bond donors (Lipinski definition) is 2. The van der Waals surface area contributed by atoms with Crippen molar-refractivity contribution in [2.45, 2.75) is 6.54 Å². The first-order valence-electron chi connectivity index (χ1n) is 9.14. The van der Waals surface area contributed by atoms with Crippen LogP contribution in [0.15, 0.2) is 71.5 Å². The number of aromatic amines is 1. The molecule has 0 saturated heterocycles. The second-order valence-electron chi connectivity index (χ2n) is 6.32. The zero-order valence-electron chi connectivity index (χ0n) is 16.1. The van der Waals surface area contributed by atoms with Crippen LogP contribution >= 0.6 is 0 Å². The number of carbonyl (C=O) groups excluding carboxylic acids is 1. The highest BCUT2D eigenvalue weighted by molar-refractivity contribution is 5.91. The van der Waals surface area contributed by atoms with Crippen LogP contribution in [-0.2, 0) is 6.54 Å². The molecule has 0 saturated carbocycles. The van der Waals surface area contributed by atoms with Gasteiger partial charge in [-0.05, 0) is 42.5 Å². The lowest BCUT2D eigenvalue weighted by molar-refractivity contribution is 0.0943. The van der Waals surface area contributed by atoms with Gasteiger partial charge < -0.3 is 10.1 Å². The maximum Gasteiger partial charge on any atom is 0.272 e. The molecule has 0 atom stereocenters. The second kappa shape index (κ2) is 8.39. The number of carbonyl (C=O) groups is 1. The minimum atomic E-state index is -0.429. The van der Waals surface area contributed by atoms with Crippen LogP contribution in [0.25, 0.3) is 17.1 Å². The predicted molar refractivity (Wildman–Crippen MR) is 109 cm³/mol. The van der Waals surface area contributed by atoms with Crippen LogP contribution in [0.1, 0.15) is 16.3 Å². The van der Waals surface area contributed by atoms with E-state index >= 15 is 0 Å². The summed E-state index contributed by atoms with van der Waals surface area (Å²) in [5.74, 6) is 1.32. The SMILES string of the molecule is COc1ccc(-c2n[nH]c(CNC(=O)c3ccc(=O)n(-c4ccccc4)n3)n2)cc1. The quantitative estimate of drug-likeness (QED) is 0.509. The summed E-state index contributed by atoms with van der Waals surface area (Å²) in [6.07, 6.45) is 0. The molecule has 1 amide bonds. The van der Waals surface area contributed by atoms with E-state index in [0.29, 0.717) is 17.3 Å². The lowest BCUT2D eigenvalue weighted by Crippen LogP contribution is -2.29. The van der Waals surface area contributed by atoms with Gasteiger partial charge in [-0.2, -0.15) is 14.9 Å². The summed E-state index contributed by atoms with van der Waals surface area (Å²) in [5.41, 5.74) is 1.20. The topological polar surface area (TPSA) is 115 Å². The molecule has 2 N–H and O–H groups in total. The Labute approximate surface area is 171 Å². The molecule has 0 aliphatic heterocycles. The van der Waals surface area contributed by atoms with Gasteiger partial charge in [-0.15, -0.1) is 0 Å². The van der Waals surface area contributed by atoms with E-state index in [1.54, 1.807) is 31.4 Å². The molecular formula is C21H18N6O3. The summed E-state index contributed by atoms with van der Waals surface area (Å²) in [7, 11) is 1.60. The number of methoxy groups -OCH3 is 1. The van der Waals surface area contributed by atoms with Crippen LogP contribution in [0.5, 0.6) is 5.75 Å². The Bertz CT molecular complexity index is 1220. The normalized spacial score (nSPS) is 10.6. The summed E-state index contributed by atoms with van der Waals surface area (Å²) in [6, 6.07) is 18.9. The van der Waals surface area contributed by atoms with Crippen molar-refractivity contribution in [1.29, 1.82) is 0 Å². The van der Waals surface area contributed by atoms with Crippen molar-refractivity contribution in [3.05, 3.63) is 88.6 Å². The third-order valence-corrected chi connectivity index (χ3v) is 4.33. The summed E-state index contributed by atoms with van der Waals surface area (Å²) in [6.45, 7) is 0.133. The number of benzene rings is 2. The molecule has 2 aromatic heterocycles. The van der Waals surface area contributed by atoms with Crippen molar-refractivity contribution >= 4 is 5.91 Å². The van der Waals surface area contributed by atoms with Crippen molar-refractivity contribution in [2.75, 3.05) is 7.11 Å². The van der Waals surface area contributed by atoms with Gasteiger partial charge in [-0.25, -0.2) is 4.98 Å². The van der Waals surface area contributed by atoms with Gasteiger partial charge in [0, 0.05) is 11.6 Å². The zero-order valence-corrected chi connectivity index (χ0v) is 16.1. The molecule has 2 heterocycles. The van der Waals surface area contributed by atoms with E-state index in [9.17, 15) is 9.59 Å². The minimum absolute atomic E-state index is 0.119. The van der Waals surface area contributed by atoms with Crippen LogP contribution in [-0.4, -0.2) is 38.0 Å². The molecule has 2 aromatic carbocycles. The van der Waals surface area contributed by atoms with E-state index in [0.717, 1.165) is 11.3 Å². The third kappa shape index (κ3) is 4.09. The first-order chi connectivity index (χ1) is 14.6. The van der Waals surface area contributed by atoms with Gasteiger partial charge in [0.25, 0.3) is 11.5 Å². The Balaban J connectivity index is 1.45. The lowest BCUT2D eigenvalue weighted by Gasteiger charge is -2.07. The molecule has 0 unspecified atom stereocenters. The molecule has 150 valence electrons. The van der Waals surface area contributed by atoms with E-state index in [1.807, 2.05) is 30.3 Å². The molecule has 0 aliphatic carbocycles. The van der Waals surface area contributed by atoms with Crippen LogP contribution in [0, 0.1) is 0 Å². The number of nitrogens with zero attached hydrogens (tertiary/aromatic N) is 4. The number of rotatable bonds is 6. The number of H-pyrrole nitrogens is 1. The molecule has 0 spiro atoms. The van der Waals surface area contributed by atoms with Gasteiger partial charge in [0.05, 0.1) is 19.3 Å². The summed E-state index contributed by atoms with van der Waals surface area (Å²) < 4.78 is 6.32. The smallest absolute Gasteiger partial charge is 0.272 e. The molecule has 9 heteroatoms. The summed E-state index contributed by atoms with van der Waals surface area (Å²) in [5, 5.41) is 13.9. The Morgan fingerprint density at radius 3 is 2.57 bits per heavy atom. The Morgan fingerprint density at radius 2 is 1.83 bits per heavy atom. The standard InChI is InChI=1S/C21H18N6O3/c1-30-16-9-7-14(8-10-16)20-23-18(24-25-20)13-22-21(29)17-11-12-19(28)27(26-17)15-5-3-2-4-6-15/h2-12H,13H2,1H3,(H,22,29)(H,23,24,25). The predicted octanol–water partition coefficient (Wildman–Crippen LogP) is 1.96. The van der Waals surface area contributed by atoms with Crippen molar-refractivity contribution in [3.8, 4) is 22.8 Å². The minimum Gasteiger partial charge on any atom is -0.497 e. The Morgan fingerprint density at radius 1 is 1.07 bits per heavy atom. The van der Waals surface area contributed by atoms with E-state index in [2.05, 4.69) is 25.6 Å². The highest BCUT2D eigenvalue weighted by Gasteiger charge is 2.12. The Kier molecular flexibility index (Phi) is 5.33. The highest BCUT2D eigenvalue weighted by Crippen LogP contribution is 2.18. The molecule has 0 radical (unpaired) electrons. The molecule has 0 aliphatic rings. The Hall–Kier alpha value is -4.27. The fourth-order valence-corrected chi connectivity index (χ4v) is 2.78. The van der Waals surface area contributed by atoms with Crippen LogP contribution < -0.4 is 15.6 Å². The fourth-order valence-electron chi connectivity index (χ4n) is 2.78. The third-order valence-electron chi connectivity index (χ3n) is 4.33. The van der Waals surface area contributed by atoms with Gasteiger partial charge in [0.1, 0.15) is 17.3 Å². The molecule has 4 rings (SSSR count). The van der Waals surface area contributed by atoms with Crippen LogP contribution in [0.4, 0.5) is 0 Å². The molecule has 4 aromatic rings. The number of nitrogens with one attached hydrogen (secondary N) is 2. The van der Waals surface area contributed by atoms with Crippen LogP contribution in [0.2, 0.25) is 0 Å². The molecule has 30 heavy (non-hydrogen) atoms. The van der Waals surface area contributed by atoms with Crippen molar-refractivity contribution in [1.82, 2.24) is 30.3 Å². The molecule has 0 bridgehead atoms.